The van der Waals surface area contributed by atoms with Crippen LogP contribution in [0, 0.1) is 0 Å². The molecule has 4 N–H and O–H groups in total. The first-order valence-corrected chi connectivity index (χ1v) is 10.3. The molecule has 3 amide bonds. The summed E-state index contributed by atoms with van der Waals surface area (Å²) in [7, 11) is 1.54. The van der Waals surface area contributed by atoms with Gasteiger partial charge in [0.1, 0.15) is 36.7 Å². The Bertz CT molecular complexity index is 1140. The van der Waals surface area contributed by atoms with Gasteiger partial charge in [-0.05, 0) is 36.4 Å². The second-order valence-electron chi connectivity index (χ2n) is 7.09. The predicted octanol–water partition coefficient (Wildman–Crippen LogP) is 3.58. The van der Waals surface area contributed by atoms with Gasteiger partial charge in [0, 0.05) is 30.4 Å². The van der Waals surface area contributed by atoms with Crippen LogP contribution >= 0.6 is 0 Å². The largest absolute Gasteiger partial charge is 0.490 e. The Balaban J connectivity index is 1.76. The lowest BCUT2D eigenvalue weighted by Crippen LogP contribution is -2.34. The Morgan fingerprint density at radius 2 is 1.88 bits per heavy atom. The number of alkyl halides is 2. The standard InChI is InChI=1S/C23H24F2N4O5/c1-32-8-9-33-21-11-19-17(10-18(21)22(26)30)20(6-7-27-19)34-16-4-2-15(3-5-16)29-23(31)28-13-14(25)12-24/h2-7,10-11,14H,8-9,12-13H2,1H3,(H2,26,30)(H2,28,29,31). The van der Waals surface area contributed by atoms with Gasteiger partial charge in [-0.15, -0.1) is 0 Å². The third kappa shape index (κ3) is 6.51. The summed E-state index contributed by atoms with van der Waals surface area (Å²) < 4.78 is 41.5. The van der Waals surface area contributed by atoms with Crippen molar-refractivity contribution >= 4 is 28.5 Å². The van der Waals surface area contributed by atoms with Crippen LogP contribution in [-0.2, 0) is 4.74 Å². The number of methoxy groups -OCH3 is 1. The van der Waals surface area contributed by atoms with E-state index in [0.29, 0.717) is 40.4 Å². The monoisotopic (exact) mass is 474 g/mol. The minimum absolute atomic E-state index is 0.176. The number of hydrogen-bond donors (Lipinski definition) is 3. The molecule has 9 nitrogen and oxygen atoms in total. The first-order valence-electron chi connectivity index (χ1n) is 10.3. The smallest absolute Gasteiger partial charge is 0.319 e. The maximum Gasteiger partial charge on any atom is 0.319 e. The van der Waals surface area contributed by atoms with Crippen LogP contribution in [0.15, 0.2) is 48.7 Å². The Morgan fingerprint density at radius 1 is 1.12 bits per heavy atom. The number of amides is 3. The van der Waals surface area contributed by atoms with Crippen LogP contribution in [-0.4, -0.2) is 56.6 Å². The lowest BCUT2D eigenvalue weighted by atomic mass is 10.1. The maximum absolute atomic E-state index is 12.9. The molecule has 1 heterocycles. The van der Waals surface area contributed by atoms with Crippen molar-refractivity contribution in [2.24, 2.45) is 5.73 Å². The number of halogens is 2. The average molecular weight is 474 g/mol. The average Bonchev–Trinajstić information content (AvgIpc) is 2.83. The molecule has 0 saturated carbocycles. The van der Waals surface area contributed by atoms with Crippen molar-refractivity contribution < 1.29 is 32.6 Å². The van der Waals surface area contributed by atoms with Crippen molar-refractivity contribution in [3.05, 3.63) is 54.2 Å². The van der Waals surface area contributed by atoms with E-state index in [1.165, 1.54) is 7.11 Å². The molecule has 2 aromatic carbocycles. The van der Waals surface area contributed by atoms with Gasteiger partial charge in [0.05, 0.1) is 24.2 Å². The first-order chi connectivity index (χ1) is 16.4. The summed E-state index contributed by atoms with van der Waals surface area (Å²) in [5, 5.41) is 5.29. The number of nitrogens with one attached hydrogen (secondary N) is 2. The Labute approximate surface area is 194 Å². The zero-order valence-electron chi connectivity index (χ0n) is 18.3. The molecule has 0 spiro atoms. The van der Waals surface area contributed by atoms with Gasteiger partial charge in [0.2, 0.25) is 0 Å². The summed E-state index contributed by atoms with van der Waals surface area (Å²) in [5.41, 5.74) is 6.66. The van der Waals surface area contributed by atoms with E-state index in [9.17, 15) is 18.4 Å². The van der Waals surface area contributed by atoms with E-state index in [1.807, 2.05) is 0 Å². The van der Waals surface area contributed by atoms with Gasteiger partial charge >= 0.3 is 6.03 Å². The lowest BCUT2D eigenvalue weighted by Gasteiger charge is -2.13. The van der Waals surface area contributed by atoms with Gasteiger partial charge in [-0.1, -0.05) is 0 Å². The highest BCUT2D eigenvalue weighted by Crippen LogP contribution is 2.33. The zero-order chi connectivity index (χ0) is 24.5. The second kappa shape index (κ2) is 11.8. The molecular formula is C23H24F2N4O5. The number of primary amides is 1. The van der Waals surface area contributed by atoms with Crippen LogP contribution in [0.4, 0.5) is 19.3 Å². The van der Waals surface area contributed by atoms with E-state index in [1.54, 1.807) is 48.7 Å². The Hall–Kier alpha value is -3.99. The van der Waals surface area contributed by atoms with Crippen molar-refractivity contribution in [1.29, 1.82) is 0 Å². The number of rotatable bonds is 11. The molecule has 1 aromatic heterocycles. The number of pyridine rings is 1. The molecule has 1 atom stereocenters. The Morgan fingerprint density at radius 3 is 2.56 bits per heavy atom. The molecule has 0 fully saturated rings. The fourth-order valence-corrected chi connectivity index (χ4v) is 2.95. The summed E-state index contributed by atoms with van der Waals surface area (Å²) in [5.74, 6) is 0.500. The van der Waals surface area contributed by atoms with Gasteiger partial charge in [0.15, 0.2) is 0 Å². The van der Waals surface area contributed by atoms with Gasteiger partial charge in [0.25, 0.3) is 5.91 Å². The molecule has 0 aliphatic carbocycles. The van der Waals surface area contributed by atoms with Gasteiger partial charge < -0.3 is 30.6 Å². The minimum Gasteiger partial charge on any atom is -0.490 e. The number of aromatic nitrogens is 1. The number of ether oxygens (including phenoxy) is 3. The molecule has 34 heavy (non-hydrogen) atoms. The van der Waals surface area contributed by atoms with Crippen LogP contribution in [0.25, 0.3) is 10.9 Å². The van der Waals surface area contributed by atoms with E-state index < -0.39 is 31.3 Å². The van der Waals surface area contributed by atoms with Crippen molar-refractivity contribution in [2.75, 3.05) is 38.9 Å². The SMILES string of the molecule is COCCOc1cc2nccc(Oc3ccc(NC(=O)NCC(F)CF)cc3)c2cc1C(N)=O. The summed E-state index contributed by atoms with van der Waals surface area (Å²) in [6.07, 6.45) is -0.198. The molecule has 1 unspecified atom stereocenters. The number of carbonyl (C=O) groups excluding carboxylic acids is 2. The first kappa shape index (κ1) is 24.6. The number of nitrogens with zero attached hydrogens (tertiary/aromatic N) is 1. The molecule has 3 aromatic rings. The highest BCUT2D eigenvalue weighted by molar-refractivity contribution is 6.01. The number of fused-ring (bicyclic) bond motifs is 1. The van der Waals surface area contributed by atoms with Gasteiger partial charge in [-0.2, -0.15) is 0 Å². The van der Waals surface area contributed by atoms with Crippen LogP contribution < -0.4 is 25.8 Å². The van der Waals surface area contributed by atoms with Crippen molar-refractivity contribution in [1.82, 2.24) is 10.3 Å². The van der Waals surface area contributed by atoms with E-state index >= 15 is 0 Å². The molecule has 0 aliphatic rings. The van der Waals surface area contributed by atoms with E-state index in [0.717, 1.165) is 0 Å². The summed E-state index contributed by atoms with van der Waals surface area (Å²) >= 11 is 0. The molecule has 3 rings (SSSR count). The van der Waals surface area contributed by atoms with Crippen molar-refractivity contribution in [2.45, 2.75) is 6.17 Å². The number of anilines is 1. The topological polar surface area (TPSA) is 125 Å². The Kier molecular flexibility index (Phi) is 8.52. The van der Waals surface area contributed by atoms with Crippen LogP contribution in [0.1, 0.15) is 10.4 Å². The number of benzene rings is 2. The molecule has 11 heteroatoms. The third-order valence-corrected chi connectivity index (χ3v) is 4.60. The van der Waals surface area contributed by atoms with Gasteiger partial charge in [-0.25, -0.2) is 13.6 Å². The number of urea groups is 1. The summed E-state index contributed by atoms with van der Waals surface area (Å²) in [4.78, 5) is 28.0. The fourth-order valence-electron chi connectivity index (χ4n) is 2.95. The van der Waals surface area contributed by atoms with Crippen molar-refractivity contribution in [3.8, 4) is 17.2 Å². The van der Waals surface area contributed by atoms with E-state index in [2.05, 4.69) is 15.6 Å². The highest BCUT2D eigenvalue weighted by atomic mass is 19.2. The zero-order valence-corrected chi connectivity index (χ0v) is 18.3. The molecular weight excluding hydrogens is 450 g/mol. The van der Waals surface area contributed by atoms with E-state index in [4.69, 9.17) is 19.9 Å². The second-order valence-corrected chi connectivity index (χ2v) is 7.09. The molecule has 0 saturated heterocycles. The number of nitrogens with two attached hydrogens (primary N) is 1. The molecule has 0 bridgehead atoms. The normalized spacial score (nSPS) is 11.6. The predicted molar refractivity (Wildman–Crippen MR) is 122 cm³/mol. The number of carbonyl (C=O) groups is 2. The fraction of sp³-hybridized carbons (Fsp3) is 0.261. The summed E-state index contributed by atoms with van der Waals surface area (Å²) in [6, 6.07) is 10.5. The molecule has 0 radical (unpaired) electrons. The molecule has 180 valence electrons. The number of hydrogen-bond acceptors (Lipinski definition) is 6. The lowest BCUT2D eigenvalue weighted by molar-refractivity contribution is 0.0992. The van der Waals surface area contributed by atoms with Crippen LogP contribution in [0.5, 0.6) is 17.2 Å². The van der Waals surface area contributed by atoms with Crippen LogP contribution in [0.2, 0.25) is 0 Å². The third-order valence-electron chi connectivity index (χ3n) is 4.60. The summed E-state index contributed by atoms with van der Waals surface area (Å²) in [6.45, 7) is -1.02. The van der Waals surface area contributed by atoms with Crippen LogP contribution in [0.3, 0.4) is 0 Å². The van der Waals surface area contributed by atoms with E-state index in [-0.39, 0.29) is 12.2 Å². The van der Waals surface area contributed by atoms with Gasteiger partial charge in [-0.3, -0.25) is 9.78 Å². The minimum atomic E-state index is -1.75. The molecule has 0 aliphatic heterocycles. The van der Waals surface area contributed by atoms with Crippen molar-refractivity contribution in [3.63, 3.8) is 0 Å². The maximum atomic E-state index is 12.9. The quantitative estimate of drug-likeness (QED) is 0.365. The highest BCUT2D eigenvalue weighted by Gasteiger charge is 2.15.